The largest absolute Gasteiger partial charge is 0.376 e. The number of aromatic nitrogens is 3. The smallest absolute Gasteiger partial charge is 0.223 e. The molecule has 0 bridgehead atoms. The van der Waals surface area contributed by atoms with E-state index in [9.17, 15) is 4.79 Å². The maximum Gasteiger partial charge on any atom is 0.223 e. The number of hydrogen-bond donors (Lipinski definition) is 1. The van der Waals surface area contributed by atoms with Gasteiger partial charge in [-0.15, -0.1) is 0 Å². The molecule has 7 nitrogen and oxygen atoms in total. The van der Waals surface area contributed by atoms with Crippen LogP contribution in [0.15, 0.2) is 24.7 Å². The average Bonchev–Trinajstić information content (AvgIpc) is 3.19. The number of hydrogen-bond acceptors (Lipinski definition) is 6. The molecule has 0 aliphatic carbocycles. The molecule has 2 aromatic rings. The van der Waals surface area contributed by atoms with Gasteiger partial charge >= 0.3 is 0 Å². The highest BCUT2D eigenvalue weighted by Gasteiger charge is 2.26. The molecule has 1 unspecified atom stereocenters. The van der Waals surface area contributed by atoms with E-state index in [2.05, 4.69) is 25.2 Å². The van der Waals surface area contributed by atoms with E-state index in [0.717, 1.165) is 56.6 Å². The van der Waals surface area contributed by atoms with E-state index in [4.69, 9.17) is 4.74 Å². The lowest BCUT2D eigenvalue weighted by Crippen LogP contribution is -2.42. The van der Waals surface area contributed by atoms with Gasteiger partial charge in [0.25, 0.3) is 0 Å². The lowest BCUT2D eigenvalue weighted by molar-refractivity contribution is -0.126. The first-order chi connectivity index (χ1) is 12.3. The standard InChI is InChI=1S/C18H23N5O2/c24-18(22-12-15-2-1-9-25-15)13-3-7-23(8-4-13)14-10-16-17(21-11-14)20-6-5-19-16/h5-6,10-11,13,15H,1-4,7-9,12H2,(H,22,24). The SMILES string of the molecule is O=C(NCC1CCCO1)C1CCN(c2cnc3nccnc3c2)CC1. The Hall–Kier alpha value is -2.28. The molecular formula is C18H23N5O2. The summed E-state index contributed by atoms with van der Waals surface area (Å²) in [5, 5.41) is 3.06. The lowest BCUT2D eigenvalue weighted by Gasteiger charge is -2.33. The summed E-state index contributed by atoms with van der Waals surface area (Å²) in [5.41, 5.74) is 2.51. The fourth-order valence-corrected chi connectivity index (χ4v) is 3.58. The fraction of sp³-hybridized carbons (Fsp3) is 0.556. The first-order valence-electron chi connectivity index (χ1n) is 9.00. The minimum absolute atomic E-state index is 0.0888. The van der Waals surface area contributed by atoms with Gasteiger partial charge in [0.15, 0.2) is 5.65 Å². The molecule has 7 heteroatoms. The van der Waals surface area contributed by atoms with Crippen molar-refractivity contribution in [1.82, 2.24) is 20.3 Å². The minimum atomic E-state index is 0.0888. The van der Waals surface area contributed by atoms with Gasteiger partial charge < -0.3 is 15.0 Å². The number of carbonyl (C=O) groups is 1. The number of piperidine rings is 1. The lowest BCUT2D eigenvalue weighted by atomic mass is 9.95. The van der Waals surface area contributed by atoms with Crippen LogP contribution in [0.4, 0.5) is 5.69 Å². The highest BCUT2D eigenvalue weighted by atomic mass is 16.5. The monoisotopic (exact) mass is 341 g/mol. The molecule has 132 valence electrons. The van der Waals surface area contributed by atoms with Gasteiger partial charge in [0, 0.05) is 44.6 Å². The van der Waals surface area contributed by atoms with Gasteiger partial charge in [-0.2, -0.15) is 0 Å². The van der Waals surface area contributed by atoms with Gasteiger partial charge in [-0.1, -0.05) is 0 Å². The van der Waals surface area contributed by atoms with Crippen molar-refractivity contribution in [3.8, 4) is 0 Å². The predicted molar refractivity (Wildman–Crippen MR) is 94.3 cm³/mol. The molecule has 2 aliphatic heterocycles. The van der Waals surface area contributed by atoms with Crippen LogP contribution < -0.4 is 10.2 Å². The Morgan fingerprint density at radius 2 is 2.04 bits per heavy atom. The van der Waals surface area contributed by atoms with Gasteiger partial charge in [-0.05, 0) is 31.7 Å². The van der Waals surface area contributed by atoms with Gasteiger partial charge in [0.05, 0.1) is 18.0 Å². The number of nitrogens with zero attached hydrogens (tertiary/aromatic N) is 4. The molecule has 1 N–H and O–H groups in total. The Balaban J connectivity index is 1.31. The second kappa shape index (κ2) is 7.31. The number of rotatable bonds is 4. The maximum absolute atomic E-state index is 12.4. The van der Waals surface area contributed by atoms with Crippen LogP contribution in [0.1, 0.15) is 25.7 Å². The van der Waals surface area contributed by atoms with E-state index < -0.39 is 0 Å². The van der Waals surface area contributed by atoms with Crippen molar-refractivity contribution in [1.29, 1.82) is 0 Å². The number of anilines is 1. The van der Waals surface area contributed by atoms with E-state index in [0.29, 0.717) is 12.2 Å². The Kier molecular flexibility index (Phi) is 4.74. The number of nitrogens with one attached hydrogen (secondary N) is 1. The van der Waals surface area contributed by atoms with Gasteiger partial charge in [0.2, 0.25) is 5.91 Å². The number of pyridine rings is 1. The number of ether oxygens (including phenoxy) is 1. The van der Waals surface area contributed by atoms with Gasteiger partial charge in [-0.25, -0.2) is 9.97 Å². The van der Waals surface area contributed by atoms with Crippen LogP contribution in [-0.2, 0) is 9.53 Å². The molecule has 4 rings (SSSR count). The quantitative estimate of drug-likeness (QED) is 0.908. The Labute approximate surface area is 146 Å². The summed E-state index contributed by atoms with van der Waals surface area (Å²) in [4.78, 5) is 27.5. The summed E-state index contributed by atoms with van der Waals surface area (Å²) >= 11 is 0. The van der Waals surface area contributed by atoms with Crippen LogP contribution >= 0.6 is 0 Å². The molecular weight excluding hydrogens is 318 g/mol. The third kappa shape index (κ3) is 3.71. The third-order valence-corrected chi connectivity index (χ3v) is 5.07. The molecule has 25 heavy (non-hydrogen) atoms. The fourth-order valence-electron chi connectivity index (χ4n) is 3.58. The zero-order valence-corrected chi connectivity index (χ0v) is 14.2. The highest BCUT2D eigenvalue weighted by molar-refractivity contribution is 5.79. The number of carbonyl (C=O) groups excluding carboxylic acids is 1. The summed E-state index contributed by atoms with van der Waals surface area (Å²) in [6.45, 7) is 3.17. The molecule has 2 fully saturated rings. The zero-order chi connectivity index (χ0) is 17.1. The van der Waals surface area contributed by atoms with E-state index >= 15 is 0 Å². The van der Waals surface area contributed by atoms with Crippen molar-refractivity contribution in [3.05, 3.63) is 24.7 Å². The Morgan fingerprint density at radius 3 is 2.84 bits per heavy atom. The van der Waals surface area contributed by atoms with Crippen LogP contribution in [0.5, 0.6) is 0 Å². The van der Waals surface area contributed by atoms with Crippen LogP contribution in [0.2, 0.25) is 0 Å². The molecule has 2 saturated heterocycles. The molecule has 1 atom stereocenters. The van der Waals surface area contributed by atoms with Crippen LogP contribution in [0.3, 0.4) is 0 Å². The second-order valence-corrected chi connectivity index (χ2v) is 6.73. The average molecular weight is 341 g/mol. The van der Waals surface area contributed by atoms with Gasteiger partial charge in [0.1, 0.15) is 5.52 Å². The van der Waals surface area contributed by atoms with Crippen LogP contribution in [0, 0.1) is 5.92 Å². The minimum Gasteiger partial charge on any atom is -0.376 e. The third-order valence-electron chi connectivity index (χ3n) is 5.07. The summed E-state index contributed by atoms with van der Waals surface area (Å²) < 4.78 is 5.56. The Morgan fingerprint density at radius 1 is 1.20 bits per heavy atom. The molecule has 2 aliphatic rings. The number of fused-ring (bicyclic) bond motifs is 1. The summed E-state index contributed by atoms with van der Waals surface area (Å²) in [6, 6.07) is 2.02. The van der Waals surface area contributed by atoms with Crippen molar-refractivity contribution in [3.63, 3.8) is 0 Å². The molecule has 2 aromatic heterocycles. The molecule has 1 amide bonds. The van der Waals surface area contributed by atoms with Crippen molar-refractivity contribution < 1.29 is 9.53 Å². The van der Waals surface area contributed by atoms with Crippen molar-refractivity contribution in [2.45, 2.75) is 31.8 Å². The topological polar surface area (TPSA) is 80.2 Å². The van der Waals surface area contributed by atoms with Crippen molar-refractivity contribution in [2.24, 2.45) is 5.92 Å². The van der Waals surface area contributed by atoms with Gasteiger partial charge in [-0.3, -0.25) is 9.78 Å². The summed E-state index contributed by atoms with van der Waals surface area (Å²) in [5.74, 6) is 0.253. The molecule has 4 heterocycles. The molecule has 0 saturated carbocycles. The summed E-state index contributed by atoms with van der Waals surface area (Å²) in [6.07, 6.45) is 9.24. The molecule has 0 aromatic carbocycles. The Bertz CT molecular complexity index is 739. The highest BCUT2D eigenvalue weighted by Crippen LogP contribution is 2.24. The normalized spacial score (nSPS) is 21.6. The second-order valence-electron chi connectivity index (χ2n) is 6.73. The molecule has 0 radical (unpaired) electrons. The number of amides is 1. The van der Waals surface area contributed by atoms with E-state index in [1.165, 1.54) is 0 Å². The zero-order valence-electron chi connectivity index (χ0n) is 14.2. The summed E-state index contributed by atoms with van der Waals surface area (Å²) in [7, 11) is 0. The van der Waals surface area contributed by atoms with Crippen LogP contribution in [0.25, 0.3) is 11.2 Å². The van der Waals surface area contributed by atoms with E-state index in [1.54, 1.807) is 12.4 Å². The van der Waals surface area contributed by atoms with Crippen molar-refractivity contribution >= 4 is 22.8 Å². The predicted octanol–water partition coefficient (Wildman–Crippen LogP) is 1.54. The first-order valence-corrected chi connectivity index (χ1v) is 9.00. The van der Waals surface area contributed by atoms with Crippen LogP contribution in [-0.4, -0.2) is 53.2 Å². The molecule has 0 spiro atoms. The van der Waals surface area contributed by atoms with E-state index in [-0.39, 0.29) is 17.9 Å². The maximum atomic E-state index is 12.4. The van der Waals surface area contributed by atoms with Crippen molar-refractivity contribution in [2.75, 3.05) is 31.1 Å². The van der Waals surface area contributed by atoms with E-state index in [1.807, 2.05) is 12.3 Å². The first kappa shape index (κ1) is 16.2.